The minimum atomic E-state index is -3.88. The standard InChI is InChI=1S/C19H19F5N4O3/c1-18(2,31-17(25)26-3)19(23,24)12-8-10(4-6-13(12)20)28-15(29)14-7-5-11(9-27-14)30-16(21)22/h4-9,16H,1-3H3,(H2,25,26)(H,28,29). The first-order chi connectivity index (χ1) is 14.4. The first-order valence-electron chi connectivity index (χ1n) is 8.68. The number of ether oxygens (including phenoxy) is 2. The summed E-state index contributed by atoms with van der Waals surface area (Å²) in [5.74, 6) is -6.23. The van der Waals surface area contributed by atoms with E-state index in [1.54, 1.807) is 0 Å². The molecule has 0 aliphatic heterocycles. The Morgan fingerprint density at radius 1 is 1.23 bits per heavy atom. The molecule has 0 saturated carbocycles. The molecule has 0 aliphatic rings. The summed E-state index contributed by atoms with van der Waals surface area (Å²) in [5, 5.41) is 2.28. The molecular weight excluding hydrogens is 427 g/mol. The van der Waals surface area contributed by atoms with E-state index in [1.165, 1.54) is 7.05 Å². The third-order valence-electron chi connectivity index (χ3n) is 4.09. The van der Waals surface area contributed by atoms with Crippen molar-refractivity contribution in [1.82, 2.24) is 4.98 Å². The van der Waals surface area contributed by atoms with E-state index >= 15 is 8.78 Å². The minimum absolute atomic E-state index is 0.163. The molecule has 1 aromatic carbocycles. The lowest BCUT2D eigenvalue weighted by Crippen LogP contribution is -2.46. The number of nitrogens with one attached hydrogen (secondary N) is 1. The van der Waals surface area contributed by atoms with E-state index in [-0.39, 0.29) is 17.1 Å². The highest BCUT2D eigenvalue weighted by Crippen LogP contribution is 2.43. The van der Waals surface area contributed by atoms with Crippen LogP contribution in [0.25, 0.3) is 0 Å². The first kappa shape index (κ1) is 23.8. The van der Waals surface area contributed by atoms with Gasteiger partial charge in [-0.2, -0.15) is 17.6 Å². The van der Waals surface area contributed by atoms with Crippen molar-refractivity contribution < 1.29 is 36.2 Å². The molecule has 31 heavy (non-hydrogen) atoms. The monoisotopic (exact) mass is 446 g/mol. The predicted octanol–water partition coefficient (Wildman–Crippen LogP) is 3.91. The number of aromatic nitrogens is 1. The number of amidine groups is 1. The van der Waals surface area contributed by atoms with Gasteiger partial charge in [-0.3, -0.25) is 4.79 Å². The fourth-order valence-corrected chi connectivity index (χ4v) is 2.42. The molecule has 0 unspecified atom stereocenters. The smallest absolute Gasteiger partial charge is 0.387 e. The molecule has 0 atom stereocenters. The second-order valence-electron chi connectivity index (χ2n) is 6.66. The number of alkyl halides is 4. The average Bonchev–Trinajstić information content (AvgIpc) is 2.68. The van der Waals surface area contributed by atoms with Gasteiger partial charge in [-0.15, -0.1) is 0 Å². The number of nitrogens with two attached hydrogens (primary N) is 1. The number of anilines is 1. The molecular formula is C19H19F5N4O3. The highest BCUT2D eigenvalue weighted by atomic mass is 19.3. The molecule has 0 saturated heterocycles. The van der Waals surface area contributed by atoms with Crippen LogP contribution >= 0.6 is 0 Å². The van der Waals surface area contributed by atoms with Crippen LogP contribution in [0.2, 0.25) is 0 Å². The van der Waals surface area contributed by atoms with Crippen LogP contribution in [0.1, 0.15) is 29.9 Å². The number of amides is 1. The van der Waals surface area contributed by atoms with Gasteiger partial charge in [-0.25, -0.2) is 14.4 Å². The third-order valence-corrected chi connectivity index (χ3v) is 4.09. The lowest BCUT2D eigenvalue weighted by atomic mass is 9.92. The number of carbonyl (C=O) groups is 1. The molecule has 3 N–H and O–H groups in total. The van der Waals surface area contributed by atoms with E-state index in [0.717, 1.165) is 50.4 Å². The summed E-state index contributed by atoms with van der Waals surface area (Å²) >= 11 is 0. The lowest BCUT2D eigenvalue weighted by molar-refractivity contribution is -0.162. The Morgan fingerprint density at radius 3 is 2.45 bits per heavy atom. The number of carbonyl (C=O) groups excluding carboxylic acids is 1. The Labute approximate surface area is 174 Å². The summed E-state index contributed by atoms with van der Waals surface area (Å²) in [5.41, 5.74) is 1.66. The van der Waals surface area contributed by atoms with Gasteiger partial charge in [0.1, 0.15) is 17.3 Å². The Bertz CT molecular complexity index is 966. The van der Waals surface area contributed by atoms with Crippen molar-refractivity contribution in [3.05, 3.63) is 53.6 Å². The van der Waals surface area contributed by atoms with Gasteiger partial charge < -0.3 is 20.5 Å². The zero-order valence-electron chi connectivity index (χ0n) is 16.6. The number of pyridine rings is 1. The van der Waals surface area contributed by atoms with Crippen LogP contribution in [0.3, 0.4) is 0 Å². The summed E-state index contributed by atoms with van der Waals surface area (Å²) in [6.45, 7) is -1.06. The van der Waals surface area contributed by atoms with Crippen LogP contribution in [-0.2, 0) is 10.7 Å². The van der Waals surface area contributed by atoms with E-state index < -0.39 is 41.4 Å². The van der Waals surface area contributed by atoms with Crippen molar-refractivity contribution in [3.8, 4) is 5.75 Å². The SMILES string of the molecule is CN=C(N)OC(C)(C)C(F)(F)c1cc(NC(=O)c2ccc(OC(F)F)cn2)ccc1F. The van der Waals surface area contributed by atoms with E-state index in [1.807, 2.05) is 0 Å². The molecule has 12 heteroatoms. The Morgan fingerprint density at radius 2 is 1.90 bits per heavy atom. The summed E-state index contributed by atoms with van der Waals surface area (Å²) in [6, 6.07) is 4.22. The molecule has 168 valence electrons. The molecule has 1 heterocycles. The summed E-state index contributed by atoms with van der Waals surface area (Å²) < 4.78 is 77.6. The van der Waals surface area contributed by atoms with E-state index in [9.17, 15) is 18.0 Å². The predicted molar refractivity (Wildman–Crippen MR) is 102 cm³/mol. The summed E-state index contributed by atoms with van der Waals surface area (Å²) in [6.07, 6.45) is 0.894. The number of hydrogen-bond acceptors (Lipinski definition) is 5. The highest BCUT2D eigenvalue weighted by Gasteiger charge is 2.52. The van der Waals surface area contributed by atoms with Crippen LogP contribution in [0.5, 0.6) is 5.75 Å². The summed E-state index contributed by atoms with van der Waals surface area (Å²) in [7, 11) is 1.24. The number of aliphatic imine (C=N–C) groups is 1. The molecule has 1 aromatic heterocycles. The number of halogens is 5. The van der Waals surface area contributed by atoms with Crippen molar-refractivity contribution >= 4 is 17.6 Å². The molecule has 1 amide bonds. The average molecular weight is 446 g/mol. The van der Waals surface area contributed by atoms with Crippen molar-refractivity contribution in [3.63, 3.8) is 0 Å². The fraction of sp³-hybridized carbons (Fsp3) is 0.316. The van der Waals surface area contributed by atoms with Gasteiger partial charge in [-0.05, 0) is 44.2 Å². The topological polar surface area (TPSA) is 98.8 Å². The van der Waals surface area contributed by atoms with Gasteiger partial charge in [0.05, 0.1) is 11.8 Å². The molecule has 0 spiro atoms. The second kappa shape index (κ2) is 9.14. The Balaban J connectivity index is 2.27. The Kier molecular flexibility index (Phi) is 7.03. The van der Waals surface area contributed by atoms with Crippen LogP contribution in [0.4, 0.5) is 27.6 Å². The largest absolute Gasteiger partial charge is 0.453 e. The van der Waals surface area contributed by atoms with E-state index in [2.05, 4.69) is 20.0 Å². The number of nitrogens with zero attached hydrogens (tertiary/aromatic N) is 2. The second-order valence-corrected chi connectivity index (χ2v) is 6.66. The van der Waals surface area contributed by atoms with Gasteiger partial charge in [-0.1, -0.05) is 0 Å². The number of hydrogen-bond donors (Lipinski definition) is 2. The van der Waals surface area contributed by atoms with Crippen molar-refractivity contribution in [2.45, 2.75) is 32.0 Å². The quantitative estimate of drug-likeness (QED) is 0.382. The lowest BCUT2D eigenvalue weighted by Gasteiger charge is -2.34. The van der Waals surface area contributed by atoms with Crippen molar-refractivity contribution in [2.75, 3.05) is 12.4 Å². The number of rotatable bonds is 7. The van der Waals surface area contributed by atoms with Gasteiger partial charge in [0.2, 0.25) is 0 Å². The van der Waals surface area contributed by atoms with Gasteiger partial charge in [0.15, 0.2) is 5.60 Å². The van der Waals surface area contributed by atoms with Crippen LogP contribution in [-0.4, -0.2) is 36.2 Å². The number of benzene rings is 1. The fourth-order valence-electron chi connectivity index (χ4n) is 2.42. The maximum atomic E-state index is 15.0. The third kappa shape index (κ3) is 5.58. The molecule has 7 nitrogen and oxygen atoms in total. The van der Waals surface area contributed by atoms with Crippen molar-refractivity contribution in [1.29, 1.82) is 0 Å². The van der Waals surface area contributed by atoms with Gasteiger partial charge >= 0.3 is 12.5 Å². The molecule has 0 aliphatic carbocycles. The normalized spacial score (nSPS) is 12.6. The zero-order valence-corrected chi connectivity index (χ0v) is 16.6. The van der Waals surface area contributed by atoms with E-state index in [4.69, 9.17) is 10.5 Å². The van der Waals surface area contributed by atoms with Crippen LogP contribution < -0.4 is 15.8 Å². The van der Waals surface area contributed by atoms with Crippen LogP contribution in [0.15, 0.2) is 41.5 Å². The maximum absolute atomic E-state index is 15.0. The minimum Gasteiger partial charge on any atom is -0.453 e. The Hall–Kier alpha value is -3.44. The van der Waals surface area contributed by atoms with Crippen LogP contribution in [0, 0.1) is 5.82 Å². The summed E-state index contributed by atoms with van der Waals surface area (Å²) in [4.78, 5) is 19.4. The molecule has 2 aromatic rings. The van der Waals surface area contributed by atoms with Gasteiger partial charge in [0, 0.05) is 12.7 Å². The maximum Gasteiger partial charge on any atom is 0.387 e. The molecule has 0 radical (unpaired) electrons. The molecule has 0 fully saturated rings. The first-order valence-corrected chi connectivity index (χ1v) is 8.68. The zero-order chi connectivity index (χ0) is 23.4. The molecule has 0 bridgehead atoms. The van der Waals surface area contributed by atoms with E-state index in [0.29, 0.717) is 0 Å². The highest BCUT2D eigenvalue weighted by molar-refractivity contribution is 6.02. The van der Waals surface area contributed by atoms with Gasteiger partial charge in [0.25, 0.3) is 11.9 Å². The van der Waals surface area contributed by atoms with Crippen molar-refractivity contribution in [2.24, 2.45) is 10.7 Å². The molecule has 2 rings (SSSR count).